The lowest BCUT2D eigenvalue weighted by molar-refractivity contribution is -0.120. The number of hydrogen-bond donors (Lipinski definition) is 2. The zero-order chi connectivity index (χ0) is 20.2. The van der Waals surface area contributed by atoms with Gasteiger partial charge in [-0.1, -0.05) is 42.5 Å². The van der Waals surface area contributed by atoms with Gasteiger partial charge in [-0.15, -0.1) is 0 Å². The summed E-state index contributed by atoms with van der Waals surface area (Å²) in [4.78, 5) is 26.9. The summed E-state index contributed by atoms with van der Waals surface area (Å²) in [6, 6.07) is 18.3. The molecule has 1 aliphatic rings. The molecule has 0 radical (unpaired) electrons. The van der Waals surface area contributed by atoms with Crippen molar-refractivity contribution in [2.24, 2.45) is 0 Å². The minimum atomic E-state index is -0.788. The van der Waals surface area contributed by atoms with Gasteiger partial charge in [-0.25, -0.2) is 0 Å². The van der Waals surface area contributed by atoms with Gasteiger partial charge in [0.15, 0.2) is 0 Å². The Morgan fingerprint density at radius 2 is 1.93 bits per heavy atom. The van der Waals surface area contributed by atoms with Crippen LogP contribution >= 0.6 is 0 Å². The highest BCUT2D eigenvalue weighted by Gasteiger charge is 2.31. The summed E-state index contributed by atoms with van der Waals surface area (Å²) in [5.41, 5.74) is 3.02. The zero-order valence-corrected chi connectivity index (χ0v) is 16.1. The average molecular weight is 390 g/mol. The van der Waals surface area contributed by atoms with Crippen molar-refractivity contribution in [1.82, 2.24) is 15.5 Å². The second-order valence-electron chi connectivity index (χ2n) is 6.97. The lowest BCUT2D eigenvalue weighted by Crippen LogP contribution is -2.49. The Bertz CT molecular complexity index is 1020. The number of hydrogen-bond acceptors (Lipinski definition) is 4. The molecule has 2 aromatic carbocycles. The number of ether oxygens (including phenoxy) is 1. The standard InChI is InChI=1S/C22H22N4O3/c1-26-19-9-5-6-10-20(19)29-14-18(22(26)28)23-21(27)17-13-16(24-25-17)12-11-15-7-3-2-4-8-15/h2-10,13,18H,11-12,14H2,1H3,(H,23,27)(H,24,25)/t18-/m1/s1. The van der Waals surface area contributed by atoms with Crippen LogP contribution in [-0.4, -0.2) is 41.7 Å². The maximum atomic E-state index is 12.7. The van der Waals surface area contributed by atoms with Crippen molar-refractivity contribution < 1.29 is 14.3 Å². The van der Waals surface area contributed by atoms with E-state index >= 15 is 0 Å². The summed E-state index contributed by atoms with van der Waals surface area (Å²) in [7, 11) is 1.67. The molecule has 0 spiro atoms. The third-order valence-corrected chi connectivity index (χ3v) is 4.96. The van der Waals surface area contributed by atoms with E-state index in [0.717, 1.165) is 18.5 Å². The SMILES string of the molecule is CN1C(=O)[C@H](NC(=O)c2cc(CCc3ccccc3)[nH]n2)COc2ccccc21. The number of rotatable bonds is 5. The van der Waals surface area contributed by atoms with Crippen molar-refractivity contribution in [3.8, 4) is 5.75 Å². The van der Waals surface area contributed by atoms with E-state index in [1.54, 1.807) is 19.2 Å². The number of carbonyl (C=O) groups is 2. The lowest BCUT2D eigenvalue weighted by Gasteiger charge is -2.19. The molecule has 1 aromatic heterocycles. The topological polar surface area (TPSA) is 87.3 Å². The monoisotopic (exact) mass is 390 g/mol. The van der Waals surface area contributed by atoms with Gasteiger partial charge in [-0.3, -0.25) is 14.7 Å². The number of aryl methyl sites for hydroxylation is 2. The maximum Gasteiger partial charge on any atom is 0.272 e. The second kappa shape index (κ2) is 8.18. The summed E-state index contributed by atoms with van der Waals surface area (Å²) < 4.78 is 5.73. The molecule has 0 saturated heterocycles. The third kappa shape index (κ3) is 4.13. The Labute approximate surface area is 168 Å². The van der Waals surface area contributed by atoms with Crippen LogP contribution in [0.15, 0.2) is 60.7 Å². The number of aromatic amines is 1. The molecule has 2 heterocycles. The minimum absolute atomic E-state index is 0.0667. The number of nitrogens with zero attached hydrogens (tertiary/aromatic N) is 2. The molecule has 7 nitrogen and oxygen atoms in total. The van der Waals surface area contributed by atoms with Crippen LogP contribution in [0.4, 0.5) is 5.69 Å². The largest absolute Gasteiger partial charge is 0.489 e. The fourth-order valence-electron chi connectivity index (χ4n) is 3.32. The van der Waals surface area contributed by atoms with Crippen molar-refractivity contribution in [1.29, 1.82) is 0 Å². The fraction of sp³-hybridized carbons (Fsp3) is 0.227. The number of carbonyl (C=O) groups excluding carboxylic acids is 2. The number of benzene rings is 2. The Morgan fingerprint density at radius 1 is 1.17 bits per heavy atom. The van der Waals surface area contributed by atoms with E-state index in [-0.39, 0.29) is 18.2 Å². The Hall–Kier alpha value is -3.61. The van der Waals surface area contributed by atoms with Crippen LogP contribution in [0.5, 0.6) is 5.75 Å². The van der Waals surface area contributed by atoms with Crippen molar-refractivity contribution in [3.05, 3.63) is 77.6 Å². The molecule has 148 valence electrons. The molecule has 2 amide bonds. The van der Waals surface area contributed by atoms with Gasteiger partial charge in [0.05, 0.1) is 5.69 Å². The molecule has 0 fully saturated rings. The summed E-state index contributed by atoms with van der Waals surface area (Å²) >= 11 is 0. The smallest absolute Gasteiger partial charge is 0.272 e. The van der Waals surface area contributed by atoms with E-state index in [0.29, 0.717) is 11.4 Å². The molecular formula is C22H22N4O3. The quantitative estimate of drug-likeness (QED) is 0.700. The molecule has 1 atom stereocenters. The highest BCUT2D eigenvalue weighted by atomic mass is 16.5. The van der Waals surface area contributed by atoms with E-state index in [1.165, 1.54) is 10.5 Å². The van der Waals surface area contributed by atoms with Gasteiger partial charge in [0.1, 0.15) is 24.1 Å². The Morgan fingerprint density at radius 3 is 2.76 bits per heavy atom. The predicted molar refractivity (Wildman–Crippen MR) is 109 cm³/mol. The van der Waals surface area contributed by atoms with Crippen molar-refractivity contribution >= 4 is 17.5 Å². The van der Waals surface area contributed by atoms with Crippen LogP contribution in [0, 0.1) is 0 Å². The van der Waals surface area contributed by atoms with Crippen LogP contribution in [-0.2, 0) is 17.6 Å². The molecule has 2 N–H and O–H groups in total. The first kappa shape index (κ1) is 18.7. The molecule has 0 unspecified atom stereocenters. The third-order valence-electron chi connectivity index (χ3n) is 4.96. The van der Waals surface area contributed by atoms with E-state index < -0.39 is 11.9 Å². The number of H-pyrrole nitrogens is 1. The average Bonchev–Trinajstić information content (AvgIpc) is 3.20. The molecule has 4 rings (SSSR count). The summed E-state index contributed by atoms with van der Waals surface area (Å²) in [5.74, 6) is -0.0280. The number of amides is 2. The van der Waals surface area contributed by atoms with Crippen LogP contribution in [0.2, 0.25) is 0 Å². The van der Waals surface area contributed by atoms with Crippen LogP contribution < -0.4 is 15.0 Å². The van der Waals surface area contributed by atoms with Gasteiger partial charge in [0, 0.05) is 12.7 Å². The van der Waals surface area contributed by atoms with Gasteiger partial charge in [0.25, 0.3) is 11.8 Å². The van der Waals surface area contributed by atoms with E-state index in [2.05, 4.69) is 27.6 Å². The van der Waals surface area contributed by atoms with Crippen molar-refractivity contribution in [2.45, 2.75) is 18.9 Å². The van der Waals surface area contributed by atoms with Gasteiger partial charge >= 0.3 is 0 Å². The van der Waals surface area contributed by atoms with Crippen molar-refractivity contribution in [2.75, 3.05) is 18.6 Å². The molecule has 1 aliphatic heterocycles. The first-order valence-electron chi connectivity index (χ1n) is 9.50. The molecule has 29 heavy (non-hydrogen) atoms. The molecule has 0 saturated carbocycles. The second-order valence-corrected chi connectivity index (χ2v) is 6.97. The van der Waals surface area contributed by atoms with Crippen LogP contribution in [0.3, 0.4) is 0 Å². The van der Waals surface area contributed by atoms with Crippen molar-refractivity contribution in [3.63, 3.8) is 0 Å². The van der Waals surface area contributed by atoms with Gasteiger partial charge < -0.3 is 15.0 Å². The molecule has 0 bridgehead atoms. The molecule has 3 aromatic rings. The Balaban J connectivity index is 1.39. The van der Waals surface area contributed by atoms with E-state index in [4.69, 9.17) is 4.74 Å². The van der Waals surface area contributed by atoms with E-state index in [9.17, 15) is 9.59 Å². The summed E-state index contributed by atoms with van der Waals surface area (Å²) in [6.07, 6.45) is 1.59. The molecular weight excluding hydrogens is 368 g/mol. The number of likely N-dealkylation sites (N-methyl/N-ethyl adjacent to an activating group) is 1. The number of anilines is 1. The van der Waals surface area contributed by atoms with Gasteiger partial charge in [0.2, 0.25) is 0 Å². The first-order valence-corrected chi connectivity index (χ1v) is 9.50. The van der Waals surface area contributed by atoms with Crippen LogP contribution in [0.1, 0.15) is 21.7 Å². The zero-order valence-electron chi connectivity index (χ0n) is 16.1. The first-order chi connectivity index (χ1) is 14.1. The minimum Gasteiger partial charge on any atom is -0.489 e. The summed E-state index contributed by atoms with van der Waals surface area (Å²) in [6.45, 7) is 0.0667. The van der Waals surface area contributed by atoms with E-state index in [1.807, 2.05) is 36.4 Å². The summed E-state index contributed by atoms with van der Waals surface area (Å²) in [5, 5.41) is 9.74. The maximum absolute atomic E-state index is 12.7. The van der Waals surface area contributed by atoms with Gasteiger partial charge in [-0.2, -0.15) is 5.10 Å². The van der Waals surface area contributed by atoms with Gasteiger partial charge in [-0.05, 0) is 36.6 Å². The predicted octanol–water partition coefficient (Wildman–Crippen LogP) is 2.35. The fourth-order valence-corrected chi connectivity index (χ4v) is 3.32. The highest BCUT2D eigenvalue weighted by molar-refractivity contribution is 6.02. The molecule has 0 aliphatic carbocycles. The normalized spacial score (nSPS) is 16.0. The molecule has 7 heteroatoms. The van der Waals surface area contributed by atoms with Crippen LogP contribution in [0.25, 0.3) is 0 Å². The lowest BCUT2D eigenvalue weighted by atomic mass is 10.1. The number of fused-ring (bicyclic) bond motifs is 1. The number of para-hydroxylation sites is 2. The Kier molecular flexibility index (Phi) is 5.29. The number of aromatic nitrogens is 2. The highest BCUT2D eigenvalue weighted by Crippen LogP contribution is 2.29. The number of nitrogens with one attached hydrogen (secondary N) is 2.